The second kappa shape index (κ2) is 5.51. The van der Waals surface area contributed by atoms with Gasteiger partial charge in [-0.3, -0.25) is 4.79 Å². The Morgan fingerprint density at radius 2 is 2.24 bits per heavy atom. The van der Waals surface area contributed by atoms with Crippen LogP contribution in [-0.4, -0.2) is 23.6 Å². The van der Waals surface area contributed by atoms with E-state index >= 15 is 0 Å². The highest BCUT2D eigenvalue weighted by molar-refractivity contribution is 6.37. The topological polar surface area (TPSA) is 99.4 Å². The molecule has 0 saturated carbocycles. The van der Waals surface area contributed by atoms with Crippen LogP contribution in [0.2, 0.25) is 0 Å². The number of esters is 1. The molecular weight excluding hydrogens is 224 g/mol. The first-order valence-electron chi connectivity index (χ1n) is 4.79. The molecule has 0 spiro atoms. The molecule has 0 aliphatic heterocycles. The summed E-state index contributed by atoms with van der Waals surface area (Å²) < 4.78 is 4.48. The van der Waals surface area contributed by atoms with Crippen LogP contribution >= 0.6 is 0 Å². The molecule has 1 amide bonds. The standard InChI is InChI=1S/C11H10N2O4/c1-2-17-11(16)10(15)13-8-4-3-7(6-12)5-9(8)14/h3-5,14H,2H2,1H3,(H,13,15). The highest BCUT2D eigenvalue weighted by Gasteiger charge is 2.16. The molecule has 0 bridgehead atoms. The van der Waals surface area contributed by atoms with Gasteiger partial charge in [0.2, 0.25) is 0 Å². The third-order valence-electron chi connectivity index (χ3n) is 1.84. The van der Waals surface area contributed by atoms with E-state index in [1.54, 1.807) is 6.92 Å². The molecule has 2 N–H and O–H groups in total. The van der Waals surface area contributed by atoms with Gasteiger partial charge in [-0.15, -0.1) is 0 Å². The number of carbonyl (C=O) groups excluding carboxylic acids is 2. The van der Waals surface area contributed by atoms with Gasteiger partial charge in [0.15, 0.2) is 0 Å². The van der Waals surface area contributed by atoms with Crippen LogP contribution in [0.1, 0.15) is 12.5 Å². The van der Waals surface area contributed by atoms with E-state index in [9.17, 15) is 14.7 Å². The summed E-state index contributed by atoms with van der Waals surface area (Å²) in [6, 6.07) is 5.74. The summed E-state index contributed by atoms with van der Waals surface area (Å²) in [4.78, 5) is 22.3. The van der Waals surface area contributed by atoms with Crippen LogP contribution in [0.5, 0.6) is 5.75 Å². The summed E-state index contributed by atoms with van der Waals surface area (Å²) >= 11 is 0. The summed E-state index contributed by atoms with van der Waals surface area (Å²) in [5.41, 5.74) is 0.290. The van der Waals surface area contributed by atoms with E-state index in [1.165, 1.54) is 18.2 Å². The van der Waals surface area contributed by atoms with Crippen LogP contribution in [-0.2, 0) is 14.3 Å². The van der Waals surface area contributed by atoms with Crippen LogP contribution < -0.4 is 5.32 Å². The predicted molar refractivity (Wildman–Crippen MR) is 58.1 cm³/mol. The quantitative estimate of drug-likeness (QED) is 0.447. The fourth-order valence-electron chi connectivity index (χ4n) is 1.08. The van der Waals surface area contributed by atoms with Crippen molar-refractivity contribution in [1.29, 1.82) is 5.26 Å². The maximum Gasteiger partial charge on any atom is 0.397 e. The average Bonchev–Trinajstić information content (AvgIpc) is 2.31. The molecule has 0 saturated heterocycles. The Kier molecular flexibility index (Phi) is 4.06. The molecule has 0 atom stereocenters. The number of nitriles is 1. The van der Waals surface area contributed by atoms with Gasteiger partial charge >= 0.3 is 11.9 Å². The van der Waals surface area contributed by atoms with Crippen LogP contribution in [0.3, 0.4) is 0 Å². The molecule has 0 heterocycles. The Hall–Kier alpha value is -2.55. The van der Waals surface area contributed by atoms with Crippen LogP contribution in [0.4, 0.5) is 5.69 Å². The van der Waals surface area contributed by atoms with E-state index in [-0.39, 0.29) is 23.6 Å². The third kappa shape index (κ3) is 3.21. The SMILES string of the molecule is CCOC(=O)C(=O)Nc1ccc(C#N)cc1O. The summed E-state index contributed by atoms with van der Waals surface area (Å²) in [6.45, 7) is 1.66. The molecule has 0 fully saturated rings. The van der Waals surface area contributed by atoms with Crippen molar-refractivity contribution in [3.05, 3.63) is 23.8 Å². The molecule has 6 nitrogen and oxygen atoms in total. The van der Waals surface area contributed by atoms with Crippen LogP contribution in [0.25, 0.3) is 0 Å². The van der Waals surface area contributed by atoms with E-state index < -0.39 is 11.9 Å². The monoisotopic (exact) mass is 234 g/mol. The lowest BCUT2D eigenvalue weighted by Crippen LogP contribution is -2.25. The number of phenols is 1. The van der Waals surface area contributed by atoms with Gasteiger partial charge in [0.05, 0.1) is 23.9 Å². The van der Waals surface area contributed by atoms with Gasteiger partial charge in [-0.2, -0.15) is 5.26 Å². The molecule has 1 aromatic rings. The molecule has 0 aliphatic carbocycles. The number of anilines is 1. The minimum absolute atomic E-state index is 0.0436. The lowest BCUT2D eigenvalue weighted by molar-refractivity contribution is -0.152. The van der Waals surface area contributed by atoms with Gasteiger partial charge in [-0.05, 0) is 25.1 Å². The Morgan fingerprint density at radius 1 is 1.53 bits per heavy atom. The minimum Gasteiger partial charge on any atom is -0.506 e. The second-order valence-corrected chi connectivity index (χ2v) is 3.02. The molecule has 6 heteroatoms. The summed E-state index contributed by atoms with van der Waals surface area (Å²) in [6.07, 6.45) is 0. The van der Waals surface area contributed by atoms with Crippen molar-refractivity contribution in [2.75, 3.05) is 11.9 Å². The number of nitrogens with zero attached hydrogens (tertiary/aromatic N) is 1. The van der Waals surface area contributed by atoms with Crippen molar-refractivity contribution in [2.24, 2.45) is 0 Å². The number of hydrogen-bond acceptors (Lipinski definition) is 5. The molecular formula is C11H10N2O4. The van der Waals surface area contributed by atoms with E-state index in [1.807, 2.05) is 6.07 Å². The molecule has 0 aliphatic rings. The second-order valence-electron chi connectivity index (χ2n) is 3.02. The number of amides is 1. The number of hydrogen-bond donors (Lipinski definition) is 2. The number of ether oxygens (including phenoxy) is 1. The van der Waals surface area contributed by atoms with E-state index in [0.717, 1.165) is 0 Å². The average molecular weight is 234 g/mol. The predicted octanol–water partition coefficient (Wildman–Crippen LogP) is 0.765. The molecule has 1 aromatic carbocycles. The Bertz CT molecular complexity index is 491. The summed E-state index contributed by atoms with van der Waals surface area (Å²) in [7, 11) is 0. The largest absolute Gasteiger partial charge is 0.506 e. The zero-order valence-corrected chi connectivity index (χ0v) is 9.06. The van der Waals surface area contributed by atoms with Crippen molar-refractivity contribution < 1.29 is 19.4 Å². The number of carbonyl (C=O) groups is 2. The number of rotatable bonds is 2. The molecule has 88 valence electrons. The maximum absolute atomic E-state index is 11.2. The summed E-state index contributed by atoms with van der Waals surface area (Å²) in [5.74, 6) is -2.30. The van der Waals surface area contributed by atoms with Gasteiger partial charge < -0.3 is 15.2 Å². The van der Waals surface area contributed by atoms with Gasteiger partial charge in [0.1, 0.15) is 5.75 Å². The molecule has 0 aromatic heterocycles. The Labute approximate surface area is 97.4 Å². The fraction of sp³-hybridized carbons (Fsp3) is 0.182. The van der Waals surface area contributed by atoms with Crippen molar-refractivity contribution in [1.82, 2.24) is 0 Å². The first-order valence-corrected chi connectivity index (χ1v) is 4.79. The number of nitrogens with one attached hydrogen (secondary N) is 1. The number of benzene rings is 1. The number of phenolic OH excluding ortho intramolecular Hbond substituents is 1. The van der Waals surface area contributed by atoms with Crippen molar-refractivity contribution in [3.63, 3.8) is 0 Å². The van der Waals surface area contributed by atoms with Crippen LogP contribution in [0.15, 0.2) is 18.2 Å². The zero-order chi connectivity index (χ0) is 12.8. The molecule has 0 unspecified atom stereocenters. The highest BCUT2D eigenvalue weighted by atomic mass is 16.5. The molecule has 0 radical (unpaired) electrons. The normalized spacial score (nSPS) is 9.18. The summed E-state index contributed by atoms with van der Waals surface area (Å²) in [5, 5.41) is 20.2. The zero-order valence-electron chi connectivity index (χ0n) is 9.06. The van der Waals surface area contributed by atoms with Gasteiger partial charge in [0, 0.05) is 0 Å². The smallest absolute Gasteiger partial charge is 0.397 e. The molecule has 17 heavy (non-hydrogen) atoms. The first-order chi connectivity index (χ1) is 8.08. The Morgan fingerprint density at radius 3 is 2.76 bits per heavy atom. The maximum atomic E-state index is 11.2. The van der Waals surface area contributed by atoms with Crippen molar-refractivity contribution in [3.8, 4) is 11.8 Å². The van der Waals surface area contributed by atoms with E-state index in [4.69, 9.17) is 5.26 Å². The third-order valence-corrected chi connectivity index (χ3v) is 1.84. The van der Waals surface area contributed by atoms with E-state index in [2.05, 4.69) is 10.1 Å². The van der Waals surface area contributed by atoms with E-state index in [0.29, 0.717) is 0 Å². The number of aromatic hydroxyl groups is 1. The fourth-order valence-corrected chi connectivity index (χ4v) is 1.08. The van der Waals surface area contributed by atoms with Gasteiger partial charge in [0.25, 0.3) is 0 Å². The van der Waals surface area contributed by atoms with Crippen LogP contribution in [0, 0.1) is 11.3 Å². The molecule has 1 rings (SSSR count). The lowest BCUT2D eigenvalue weighted by atomic mass is 10.2. The van der Waals surface area contributed by atoms with Gasteiger partial charge in [-0.25, -0.2) is 4.79 Å². The van der Waals surface area contributed by atoms with Gasteiger partial charge in [-0.1, -0.05) is 0 Å². The van der Waals surface area contributed by atoms with Crippen molar-refractivity contribution >= 4 is 17.6 Å². The Balaban J connectivity index is 2.79. The lowest BCUT2D eigenvalue weighted by Gasteiger charge is -2.06. The highest BCUT2D eigenvalue weighted by Crippen LogP contribution is 2.23. The van der Waals surface area contributed by atoms with Crippen molar-refractivity contribution in [2.45, 2.75) is 6.92 Å². The first kappa shape index (κ1) is 12.5. The minimum atomic E-state index is -1.03.